The molecule has 2 aromatic carbocycles. The standard InChI is InChI=1S/C25H23N3O8/c1-13(2)4-3-7-36-25(35)17-8-14(20-11-26-12-27-20)5-6-19(17)28-22(30)15-10-21(29)18(24(33)34)9-16(15)23(31)32/h4-6,8-12,29H,3,7H2,1-2H3,(H,26,27)(H,28,30)(H,31,32)(H,33,34). The number of allylic oxidation sites excluding steroid dienone is 1. The second kappa shape index (κ2) is 11.0. The Morgan fingerprint density at radius 2 is 1.72 bits per heavy atom. The van der Waals surface area contributed by atoms with Crippen molar-refractivity contribution in [2.75, 3.05) is 11.9 Å². The fourth-order valence-electron chi connectivity index (χ4n) is 3.29. The topological polar surface area (TPSA) is 179 Å². The zero-order chi connectivity index (χ0) is 26.4. The molecule has 186 valence electrons. The van der Waals surface area contributed by atoms with E-state index < -0.39 is 46.3 Å². The number of H-pyrrole nitrogens is 1. The van der Waals surface area contributed by atoms with Crippen LogP contribution in [-0.4, -0.2) is 55.7 Å². The second-order valence-electron chi connectivity index (χ2n) is 7.91. The average Bonchev–Trinajstić information content (AvgIpc) is 3.36. The Kier molecular flexibility index (Phi) is 7.85. The van der Waals surface area contributed by atoms with Gasteiger partial charge in [-0.05, 0) is 44.5 Å². The van der Waals surface area contributed by atoms with E-state index in [4.69, 9.17) is 9.84 Å². The van der Waals surface area contributed by atoms with Crippen LogP contribution in [0, 0.1) is 0 Å². The maximum Gasteiger partial charge on any atom is 0.340 e. The fourth-order valence-corrected chi connectivity index (χ4v) is 3.29. The van der Waals surface area contributed by atoms with Crippen LogP contribution in [0.15, 0.2) is 54.5 Å². The summed E-state index contributed by atoms with van der Waals surface area (Å²) in [5.74, 6) is -5.62. The van der Waals surface area contributed by atoms with Crippen molar-refractivity contribution in [1.29, 1.82) is 0 Å². The third kappa shape index (κ3) is 5.95. The molecule has 11 heteroatoms. The third-order valence-electron chi connectivity index (χ3n) is 5.04. The predicted octanol–water partition coefficient (Wildman–Crippen LogP) is 3.94. The number of aromatic nitrogens is 2. The molecule has 0 spiro atoms. The lowest BCUT2D eigenvalue weighted by atomic mass is 10.0. The molecule has 5 N–H and O–H groups in total. The minimum atomic E-state index is -1.57. The molecule has 0 saturated heterocycles. The number of aromatic carboxylic acids is 2. The first kappa shape index (κ1) is 25.7. The smallest absolute Gasteiger partial charge is 0.340 e. The zero-order valence-corrected chi connectivity index (χ0v) is 19.4. The first-order chi connectivity index (χ1) is 17.1. The van der Waals surface area contributed by atoms with Crippen LogP contribution in [0.4, 0.5) is 5.69 Å². The Morgan fingerprint density at radius 3 is 2.33 bits per heavy atom. The molecule has 11 nitrogen and oxygen atoms in total. The molecule has 0 bridgehead atoms. The molecule has 0 radical (unpaired) electrons. The summed E-state index contributed by atoms with van der Waals surface area (Å²) in [6.07, 6.45) is 5.40. The molecule has 0 saturated carbocycles. The molecule has 3 rings (SSSR count). The number of aromatic amines is 1. The van der Waals surface area contributed by atoms with Crippen molar-refractivity contribution in [1.82, 2.24) is 9.97 Å². The van der Waals surface area contributed by atoms with Crippen LogP contribution in [0.5, 0.6) is 5.75 Å². The lowest BCUT2D eigenvalue weighted by molar-refractivity contribution is 0.0511. The second-order valence-corrected chi connectivity index (χ2v) is 7.91. The number of carboxylic acids is 2. The summed E-state index contributed by atoms with van der Waals surface area (Å²) in [5, 5.41) is 31.1. The largest absolute Gasteiger partial charge is 0.507 e. The summed E-state index contributed by atoms with van der Waals surface area (Å²) in [4.78, 5) is 55.6. The Labute approximate surface area is 205 Å². The van der Waals surface area contributed by atoms with Gasteiger partial charge in [-0.1, -0.05) is 17.7 Å². The number of carbonyl (C=O) groups is 4. The predicted molar refractivity (Wildman–Crippen MR) is 128 cm³/mol. The van der Waals surface area contributed by atoms with Crippen LogP contribution in [-0.2, 0) is 4.74 Å². The molecule has 0 aliphatic rings. The summed E-state index contributed by atoms with van der Waals surface area (Å²) in [6.45, 7) is 3.92. The first-order valence-corrected chi connectivity index (χ1v) is 10.7. The number of nitrogens with one attached hydrogen (secondary N) is 2. The number of carboxylic acid groups (broad SMARTS) is 2. The van der Waals surface area contributed by atoms with E-state index >= 15 is 0 Å². The molecule has 3 aromatic rings. The van der Waals surface area contributed by atoms with Crippen LogP contribution in [0.25, 0.3) is 11.3 Å². The van der Waals surface area contributed by atoms with Gasteiger partial charge in [0.1, 0.15) is 11.3 Å². The van der Waals surface area contributed by atoms with E-state index in [0.717, 1.165) is 11.6 Å². The van der Waals surface area contributed by atoms with E-state index in [2.05, 4.69) is 15.3 Å². The molecule has 0 unspecified atom stereocenters. The highest BCUT2D eigenvalue weighted by Crippen LogP contribution is 2.28. The Hall–Kier alpha value is -4.93. The maximum atomic E-state index is 13.0. The molecular formula is C25H23N3O8. The van der Waals surface area contributed by atoms with Gasteiger partial charge in [0.2, 0.25) is 0 Å². The molecule has 0 fully saturated rings. The van der Waals surface area contributed by atoms with Gasteiger partial charge in [0, 0.05) is 5.56 Å². The summed E-state index contributed by atoms with van der Waals surface area (Å²) < 4.78 is 5.34. The zero-order valence-electron chi connectivity index (χ0n) is 19.4. The van der Waals surface area contributed by atoms with E-state index in [-0.39, 0.29) is 17.9 Å². The van der Waals surface area contributed by atoms with Crippen LogP contribution >= 0.6 is 0 Å². The number of imidazole rings is 1. The molecule has 1 heterocycles. The highest BCUT2D eigenvalue weighted by molar-refractivity contribution is 6.14. The summed E-state index contributed by atoms with van der Waals surface area (Å²) >= 11 is 0. The van der Waals surface area contributed by atoms with Crippen molar-refractivity contribution in [3.63, 3.8) is 0 Å². The summed E-state index contributed by atoms with van der Waals surface area (Å²) in [6, 6.07) is 5.96. The van der Waals surface area contributed by atoms with Crippen molar-refractivity contribution in [3.8, 4) is 17.0 Å². The molecule has 0 aliphatic carbocycles. The quantitative estimate of drug-likeness (QED) is 0.168. The Morgan fingerprint density at radius 1 is 1.00 bits per heavy atom. The SMILES string of the molecule is CC(C)=CCCOC(=O)c1cc(-c2cnc[nH]2)ccc1NC(=O)c1cc(O)c(C(=O)O)cc1C(=O)O. The number of ether oxygens (including phenoxy) is 1. The van der Waals surface area contributed by atoms with Gasteiger partial charge in [0.25, 0.3) is 5.91 Å². The molecular weight excluding hydrogens is 470 g/mol. The van der Waals surface area contributed by atoms with Crippen LogP contribution < -0.4 is 5.32 Å². The highest BCUT2D eigenvalue weighted by atomic mass is 16.5. The minimum Gasteiger partial charge on any atom is -0.507 e. The average molecular weight is 493 g/mol. The number of nitrogens with zero attached hydrogens (tertiary/aromatic N) is 1. The number of benzene rings is 2. The van der Waals surface area contributed by atoms with Gasteiger partial charge < -0.3 is 30.4 Å². The van der Waals surface area contributed by atoms with Gasteiger partial charge in [-0.25, -0.2) is 19.4 Å². The lowest BCUT2D eigenvalue weighted by Gasteiger charge is -2.14. The maximum absolute atomic E-state index is 13.0. The highest BCUT2D eigenvalue weighted by Gasteiger charge is 2.24. The van der Waals surface area contributed by atoms with Gasteiger partial charge in [-0.3, -0.25) is 4.79 Å². The van der Waals surface area contributed by atoms with Gasteiger partial charge in [-0.2, -0.15) is 0 Å². The number of anilines is 1. The van der Waals surface area contributed by atoms with Crippen molar-refractivity contribution in [2.45, 2.75) is 20.3 Å². The van der Waals surface area contributed by atoms with Gasteiger partial charge in [0.15, 0.2) is 0 Å². The van der Waals surface area contributed by atoms with E-state index in [9.17, 15) is 29.4 Å². The number of hydrogen-bond acceptors (Lipinski definition) is 7. The van der Waals surface area contributed by atoms with E-state index in [1.54, 1.807) is 12.3 Å². The number of hydrogen-bond donors (Lipinski definition) is 5. The van der Waals surface area contributed by atoms with Crippen LogP contribution in [0.3, 0.4) is 0 Å². The van der Waals surface area contributed by atoms with Gasteiger partial charge >= 0.3 is 17.9 Å². The number of aromatic hydroxyl groups is 1. The number of rotatable bonds is 9. The minimum absolute atomic E-state index is 0.00379. The van der Waals surface area contributed by atoms with Crippen LogP contribution in [0.2, 0.25) is 0 Å². The van der Waals surface area contributed by atoms with Crippen molar-refractivity contribution < 1.29 is 39.2 Å². The molecule has 1 aromatic heterocycles. The summed E-state index contributed by atoms with van der Waals surface area (Å²) in [7, 11) is 0. The normalized spacial score (nSPS) is 10.4. The molecule has 36 heavy (non-hydrogen) atoms. The summed E-state index contributed by atoms with van der Waals surface area (Å²) in [5.41, 5.74) is 0.461. The van der Waals surface area contributed by atoms with E-state index in [0.29, 0.717) is 23.7 Å². The van der Waals surface area contributed by atoms with Crippen molar-refractivity contribution in [2.24, 2.45) is 0 Å². The molecule has 1 amide bonds. The number of carbonyl (C=O) groups excluding carboxylic acids is 2. The Balaban J connectivity index is 1.97. The van der Waals surface area contributed by atoms with Gasteiger partial charge in [0.05, 0.1) is 47.2 Å². The Bertz CT molecular complexity index is 1360. The van der Waals surface area contributed by atoms with Crippen molar-refractivity contribution in [3.05, 3.63) is 76.8 Å². The third-order valence-corrected chi connectivity index (χ3v) is 5.04. The lowest BCUT2D eigenvalue weighted by Crippen LogP contribution is -2.19. The van der Waals surface area contributed by atoms with E-state index in [1.165, 1.54) is 18.5 Å². The monoisotopic (exact) mass is 493 g/mol. The first-order valence-electron chi connectivity index (χ1n) is 10.7. The molecule has 0 aliphatic heterocycles. The number of amides is 1. The molecule has 0 atom stereocenters. The van der Waals surface area contributed by atoms with Crippen molar-refractivity contribution >= 4 is 29.5 Å². The number of esters is 1. The van der Waals surface area contributed by atoms with E-state index in [1.807, 2.05) is 19.9 Å². The van der Waals surface area contributed by atoms with Crippen LogP contribution in [0.1, 0.15) is 61.7 Å². The fraction of sp³-hybridized carbons (Fsp3) is 0.160. The number of phenols is 1. The van der Waals surface area contributed by atoms with Gasteiger partial charge in [-0.15, -0.1) is 0 Å².